The van der Waals surface area contributed by atoms with E-state index in [1.807, 2.05) is 13.8 Å². The Morgan fingerprint density at radius 3 is 2.72 bits per heavy atom. The minimum atomic E-state index is -0.477. The lowest BCUT2D eigenvalue weighted by molar-refractivity contribution is -0.142. The predicted octanol–water partition coefficient (Wildman–Crippen LogP) is 2.37. The van der Waals surface area contributed by atoms with Gasteiger partial charge in [0, 0.05) is 10.0 Å². The largest absolute Gasteiger partial charge is 0.490 e. The minimum Gasteiger partial charge on any atom is -0.490 e. The molecule has 25 heavy (non-hydrogen) atoms. The second kappa shape index (κ2) is 8.52. The van der Waals surface area contributed by atoms with Gasteiger partial charge in [-0.1, -0.05) is 0 Å². The molecule has 0 spiro atoms. The van der Waals surface area contributed by atoms with E-state index in [2.05, 4.69) is 30.8 Å². The number of nitrogens with two attached hydrogens (primary N) is 1. The van der Waals surface area contributed by atoms with Crippen LogP contribution < -0.4 is 15.2 Å². The average Bonchev–Trinajstić information content (AvgIpc) is 2.90. The molecule has 0 atom stereocenters. The molecule has 1 heterocycles. The van der Waals surface area contributed by atoms with Crippen molar-refractivity contribution in [2.24, 2.45) is 5.10 Å². The van der Waals surface area contributed by atoms with Crippen LogP contribution in [0.15, 0.2) is 27.9 Å². The number of hydrogen-bond donors (Lipinski definition) is 1. The summed E-state index contributed by atoms with van der Waals surface area (Å²) in [5, 5.41) is 4.28. The average molecular weight is 411 g/mol. The van der Waals surface area contributed by atoms with Crippen LogP contribution in [-0.4, -0.2) is 42.2 Å². The van der Waals surface area contributed by atoms with E-state index in [9.17, 15) is 4.79 Å². The van der Waals surface area contributed by atoms with Crippen molar-refractivity contribution in [1.82, 2.24) is 9.66 Å². The zero-order valence-corrected chi connectivity index (χ0v) is 15.7. The number of nitrogen functional groups attached to an aromatic ring is 1. The van der Waals surface area contributed by atoms with Crippen LogP contribution in [0, 0.1) is 6.92 Å². The first-order valence-corrected chi connectivity index (χ1v) is 8.25. The van der Waals surface area contributed by atoms with Crippen LogP contribution in [0.1, 0.15) is 18.2 Å². The summed E-state index contributed by atoms with van der Waals surface area (Å²) in [5.41, 5.74) is 7.29. The molecular formula is C16H19BrN4O4. The van der Waals surface area contributed by atoms with Gasteiger partial charge in [0.2, 0.25) is 5.95 Å². The Kier molecular flexibility index (Phi) is 6.40. The van der Waals surface area contributed by atoms with Gasteiger partial charge in [-0.2, -0.15) is 5.10 Å². The van der Waals surface area contributed by atoms with Crippen LogP contribution in [0.2, 0.25) is 0 Å². The summed E-state index contributed by atoms with van der Waals surface area (Å²) >= 11 is 3.45. The van der Waals surface area contributed by atoms with Crippen molar-refractivity contribution in [2.75, 3.05) is 26.1 Å². The summed E-state index contributed by atoms with van der Waals surface area (Å²) in [6, 6.07) is 3.46. The molecule has 0 amide bonds. The fraction of sp³-hybridized carbons (Fsp3) is 0.312. The number of carbonyl (C=O) groups is 1. The summed E-state index contributed by atoms with van der Waals surface area (Å²) in [7, 11) is 1.30. The number of aromatic nitrogens is 2. The quantitative estimate of drug-likeness (QED) is 0.555. The molecule has 1 aromatic carbocycles. The van der Waals surface area contributed by atoms with Gasteiger partial charge in [-0.15, -0.1) is 0 Å². The maximum absolute atomic E-state index is 11.3. The highest BCUT2D eigenvalue weighted by atomic mass is 79.9. The van der Waals surface area contributed by atoms with Crippen molar-refractivity contribution in [3.63, 3.8) is 0 Å². The number of carbonyl (C=O) groups excluding carboxylic acids is 1. The van der Waals surface area contributed by atoms with Crippen LogP contribution in [0.4, 0.5) is 5.95 Å². The van der Waals surface area contributed by atoms with Gasteiger partial charge in [-0.3, -0.25) is 0 Å². The lowest BCUT2D eigenvalue weighted by Gasteiger charge is -2.13. The molecule has 2 rings (SSSR count). The normalized spacial score (nSPS) is 10.9. The van der Waals surface area contributed by atoms with Gasteiger partial charge in [0.05, 0.1) is 31.8 Å². The van der Waals surface area contributed by atoms with E-state index in [4.69, 9.17) is 15.2 Å². The van der Waals surface area contributed by atoms with Crippen molar-refractivity contribution in [3.8, 4) is 11.5 Å². The lowest BCUT2D eigenvalue weighted by Crippen LogP contribution is -2.13. The Bertz CT molecular complexity index is 789. The molecule has 0 saturated heterocycles. The second-order valence-corrected chi connectivity index (χ2v) is 5.80. The van der Waals surface area contributed by atoms with Crippen molar-refractivity contribution in [2.45, 2.75) is 13.8 Å². The molecule has 1 aromatic heterocycles. The van der Waals surface area contributed by atoms with Gasteiger partial charge in [0.1, 0.15) is 0 Å². The molecule has 0 radical (unpaired) electrons. The summed E-state index contributed by atoms with van der Waals surface area (Å²) in [6.07, 6.45) is 3.34. The Morgan fingerprint density at radius 1 is 1.40 bits per heavy atom. The molecule has 0 bridgehead atoms. The van der Waals surface area contributed by atoms with E-state index in [0.29, 0.717) is 24.1 Å². The number of rotatable bonds is 7. The van der Waals surface area contributed by atoms with Crippen molar-refractivity contribution in [3.05, 3.63) is 34.1 Å². The summed E-state index contributed by atoms with van der Waals surface area (Å²) < 4.78 is 17.8. The van der Waals surface area contributed by atoms with Gasteiger partial charge < -0.3 is 19.9 Å². The van der Waals surface area contributed by atoms with E-state index in [1.54, 1.807) is 24.5 Å². The second-order valence-electron chi connectivity index (χ2n) is 4.95. The predicted molar refractivity (Wildman–Crippen MR) is 97.2 cm³/mol. The summed E-state index contributed by atoms with van der Waals surface area (Å²) in [6.45, 7) is 3.93. The number of esters is 1. The highest BCUT2D eigenvalue weighted by molar-refractivity contribution is 9.10. The first-order valence-electron chi connectivity index (χ1n) is 7.46. The summed E-state index contributed by atoms with van der Waals surface area (Å²) in [5.74, 6) is 0.739. The first kappa shape index (κ1) is 18.8. The van der Waals surface area contributed by atoms with E-state index in [-0.39, 0.29) is 6.61 Å². The standard InChI is InChI=1S/C16H19BrN4O4/c1-4-24-13-5-11(7-19-21-8-10(2)20-16(21)18)12(17)6-14(13)25-9-15(22)23-3/h5-8H,4,9H2,1-3H3,(H2,18,20). The van der Waals surface area contributed by atoms with Gasteiger partial charge in [0.15, 0.2) is 18.1 Å². The molecule has 0 saturated carbocycles. The third-order valence-electron chi connectivity index (χ3n) is 3.09. The molecule has 0 unspecified atom stereocenters. The van der Waals surface area contributed by atoms with Crippen molar-refractivity contribution in [1.29, 1.82) is 0 Å². The van der Waals surface area contributed by atoms with Gasteiger partial charge in [-0.05, 0) is 41.9 Å². The van der Waals surface area contributed by atoms with Crippen molar-refractivity contribution >= 4 is 34.1 Å². The monoisotopic (exact) mass is 410 g/mol. The first-order chi connectivity index (χ1) is 11.9. The summed E-state index contributed by atoms with van der Waals surface area (Å²) in [4.78, 5) is 15.3. The lowest BCUT2D eigenvalue weighted by atomic mass is 10.2. The van der Waals surface area contributed by atoms with E-state index in [1.165, 1.54) is 11.8 Å². The zero-order chi connectivity index (χ0) is 18.4. The van der Waals surface area contributed by atoms with Gasteiger partial charge in [0.25, 0.3) is 0 Å². The van der Waals surface area contributed by atoms with Crippen LogP contribution in [0.25, 0.3) is 0 Å². The molecule has 0 fully saturated rings. The van der Waals surface area contributed by atoms with Crippen LogP contribution in [-0.2, 0) is 9.53 Å². The highest BCUT2D eigenvalue weighted by Gasteiger charge is 2.12. The molecule has 134 valence electrons. The Labute approximate surface area is 153 Å². The Balaban J connectivity index is 2.28. The number of aryl methyl sites for hydroxylation is 1. The third kappa shape index (κ3) is 4.96. The molecule has 9 heteroatoms. The number of ether oxygens (including phenoxy) is 3. The fourth-order valence-electron chi connectivity index (χ4n) is 1.95. The molecule has 0 aliphatic heterocycles. The number of imidazole rings is 1. The topological polar surface area (TPSA) is 101 Å². The minimum absolute atomic E-state index is 0.207. The molecule has 8 nitrogen and oxygen atoms in total. The number of halogens is 1. The SMILES string of the molecule is CCOc1cc(C=Nn2cc(C)nc2N)c(Br)cc1OCC(=O)OC. The Morgan fingerprint density at radius 2 is 2.12 bits per heavy atom. The zero-order valence-electron chi connectivity index (χ0n) is 14.2. The van der Waals surface area contributed by atoms with Crippen LogP contribution >= 0.6 is 15.9 Å². The third-order valence-corrected chi connectivity index (χ3v) is 3.78. The maximum Gasteiger partial charge on any atom is 0.343 e. The molecule has 0 aliphatic rings. The van der Waals surface area contributed by atoms with E-state index < -0.39 is 5.97 Å². The molecule has 2 aromatic rings. The number of anilines is 1. The van der Waals surface area contributed by atoms with Gasteiger partial charge in [-0.25, -0.2) is 14.5 Å². The fourth-order valence-corrected chi connectivity index (χ4v) is 2.37. The highest BCUT2D eigenvalue weighted by Crippen LogP contribution is 2.33. The van der Waals surface area contributed by atoms with Crippen molar-refractivity contribution < 1.29 is 19.0 Å². The number of benzene rings is 1. The van der Waals surface area contributed by atoms with E-state index >= 15 is 0 Å². The van der Waals surface area contributed by atoms with Gasteiger partial charge >= 0.3 is 5.97 Å². The smallest absolute Gasteiger partial charge is 0.343 e. The Hall–Kier alpha value is -2.55. The maximum atomic E-state index is 11.3. The molecular weight excluding hydrogens is 392 g/mol. The molecule has 0 aliphatic carbocycles. The number of hydrogen-bond acceptors (Lipinski definition) is 7. The molecule has 2 N–H and O–H groups in total. The van der Waals surface area contributed by atoms with Crippen LogP contribution in [0.5, 0.6) is 11.5 Å². The number of methoxy groups -OCH3 is 1. The number of nitrogens with zero attached hydrogens (tertiary/aromatic N) is 3. The van der Waals surface area contributed by atoms with E-state index in [0.717, 1.165) is 15.7 Å². The van der Waals surface area contributed by atoms with Crippen LogP contribution in [0.3, 0.4) is 0 Å².